The van der Waals surface area contributed by atoms with E-state index in [1.165, 1.54) is 25.3 Å². The van der Waals surface area contributed by atoms with Crippen LogP contribution in [0.2, 0.25) is 0 Å². The Hall–Kier alpha value is -2.83. The predicted molar refractivity (Wildman–Crippen MR) is 89.4 cm³/mol. The van der Waals surface area contributed by atoms with Crippen molar-refractivity contribution in [3.05, 3.63) is 48.5 Å². The van der Waals surface area contributed by atoms with Gasteiger partial charge in [-0.1, -0.05) is 25.1 Å². The fourth-order valence-electron chi connectivity index (χ4n) is 2.15. The summed E-state index contributed by atoms with van der Waals surface area (Å²) in [6.07, 6.45) is -0.277. The number of hydrogen-bond donors (Lipinski definition) is 1. The Kier molecular flexibility index (Phi) is 6.56. The zero-order valence-electron chi connectivity index (χ0n) is 13.9. The Morgan fingerprint density at radius 3 is 2.40 bits per heavy atom. The quantitative estimate of drug-likeness (QED) is 0.778. The van der Waals surface area contributed by atoms with Crippen molar-refractivity contribution < 1.29 is 27.8 Å². The number of halogens is 2. The molecule has 5 nitrogen and oxygen atoms in total. The van der Waals surface area contributed by atoms with Crippen LogP contribution in [0.4, 0.5) is 14.5 Å². The second-order valence-electron chi connectivity index (χ2n) is 5.06. The molecule has 0 saturated heterocycles. The Labute approximate surface area is 144 Å². The van der Waals surface area contributed by atoms with E-state index in [4.69, 9.17) is 9.47 Å². The van der Waals surface area contributed by atoms with E-state index in [2.05, 4.69) is 10.1 Å². The molecule has 0 spiro atoms. The Morgan fingerprint density at radius 2 is 1.80 bits per heavy atom. The molecule has 2 aromatic carbocycles. The van der Waals surface area contributed by atoms with Gasteiger partial charge in [0.15, 0.2) is 17.6 Å². The lowest BCUT2D eigenvalue weighted by atomic mass is 10.2. The van der Waals surface area contributed by atoms with Crippen molar-refractivity contribution in [2.75, 3.05) is 12.4 Å². The van der Waals surface area contributed by atoms with E-state index in [0.29, 0.717) is 17.9 Å². The number of rotatable bonds is 8. The standard InChI is InChI=1S/C18H19F2NO4/c1-3-14(24-13-7-5-4-6-8-13)17(22)21-12-9-10-15(23-2)16(11-12)25-18(19)20/h4-11,14,18H,3H2,1-2H3,(H,21,22). The van der Waals surface area contributed by atoms with E-state index >= 15 is 0 Å². The second-order valence-corrected chi connectivity index (χ2v) is 5.06. The van der Waals surface area contributed by atoms with Crippen LogP contribution < -0.4 is 19.5 Å². The van der Waals surface area contributed by atoms with Crippen molar-refractivity contribution in [2.45, 2.75) is 26.1 Å². The van der Waals surface area contributed by atoms with Gasteiger partial charge in [0.25, 0.3) is 5.91 Å². The highest BCUT2D eigenvalue weighted by molar-refractivity contribution is 5.94. The summed E-state index contributed by atoms with van der Waals surface area (Å²) in [6, 6.07) is 13.2. The van der Waals surface area contributed by atoms with Crippen LogP contribution in [0.5, 0.6) is 17.2 Å². The molecule has 0 aliphatic carbocycles. The fraction of sp³-hybridized carbons (Fsp3) is 0.278. The maximum atomic E-state index is 12.5. The molecule has 0 radical (unpaired) electrons. The van der Waals surface area contributed by atoms with Gasteiger partial charge < -0.3 is 19.5 Å². The van der Waals surface area contributed by atoms with Crippen LogP contribution in [0.25, 0.3) is 0 Å². The normalized spacial score (nSPS) is 11.7. The number of carbonyl (C=O) groups is 1. The van der Waals surface area contributed by atoms with Crippen molar-refractivity contribution in [3.63, 3.8) is 0 Å². The Morgan fingerprint density at radius 1 is 1.08 bits per heavy atom. The monoisotopic (exact) mass is 351 g/mol. The first kappa shape index (κ1) is 18.5. The minimum Gasteiger partial charge on any atom is -0.493 e. The Bertz CT molecular complexity index is 695. The summed E-state index contributed by atoms with van der Waals surface area (Å²) in [6.45, 7) is -1.18. The molecule has 0 fully saturated rings. The highest BCUT2D eigenvalue weighted by Gasteiger charge is 2.19. The molecule has 7 heteroatoms. The average molecular weight is 351 g/mol. The zero-order valence-corrected chi connectivity index (χ0v) is 13.9. The first-order valence-electron chi connectivity index (χ1n) is 7.69. The molecule has 1 unspecified atom stereocenters. The van der Waals surface area contributed by atoms with Crippen LogP contribution in [0.15, 0.2) is 48.5 Å². The number of alkyl halides is 2. The minimum absolute atomic E-state index is 0.144. The number of hydrogen-bond acceptors (Lipinski definition) is 4. The average Bonchev–Trinajstić information content (AvgIpc) is 2.60. The van der Waals surface area contributed by atoms with Gasteiger partial charge in [-0.3, -0.25) is 4.79 Å². The molecule has 0 bridgehead atoms. The number of benzene rings is 2. The number of anilines is 1. The number of carbonyl (C=O) groups excluding carboxylic acids is 1. The van der Waals surface area contributed by atoms with Gasteiger partial charge in [-0.2, -0.15) is 8.78 Å². The van der Waals surface area contributed by atoms with Gasteiger partial charge in [0.05, 0.1) is 7.11 Å². The molecule has 0 aliphatic heterocycles. The summed E-state index contributed by atoms with van der Waals surface area (Å²) in [5, 5.41) is 2.63. The largest absolute Gasteiger partial charge is 0.493 e. The molecular weight excluding hydrogens is 332 g/mol. The van der Waals surface area contributed by atoms with E-state index < -0.39 is 12.7 Å². The first-order chi connectivity index (χ1) is 12.0. The third kappa shape index (κ3) is 5.34. The van der Waals surface area contributed by atoms with Crippen molar-refractivity contribution >= 4 is 11.6 Å². The van der Waals surface area contributed by atoms with Crippen LogP contribution >= 0.6 is 0 Å². The lowest BCUT2D eigenvalue weighted by molar-refractivity contribution is -0.122. The van der Waals surface area contributed by atoms with Gasteiger partial charge in [-0.25, -0.2) is 0 Å². The maximum Gasteiger partial charge on any atom is 0.387 e. The molecule has 0 aromatic heterocycles. The smallest absolute Gasteiger partial charge is 0.387 e. The molecule has 0 saturated carbocycles. The lowest BCUT2D eigenvalue weighted by Gasteiger charge is -2.18. The van der Waals surface area contributed by atoms with Crippen LogP contribution in [0.3, 0.4) is 0 Å². The summed E-state index contributed by atoms with van der Waals surface area (Å²) >= 11 is 0. The third-order valence-corrected chi connectivity index (χ3v) is 3.33. The van der Waals surface area contributed by atoms with E-state index in [-0.39, 0.29) is 17.4 Å². The minimum atomic E-state index is -3.00. The summed E-state index contributed by atoms with van der Waals surface area (Å²) < 4.78 is 39.9. The molecule has 2 rings (SSSR count). The van der Waals surface area contributed by atoms with Crippen LogP contribution in [-0.2, 0) is 4.79 Å². The van der Waals surface area contributed by atoms with Gasteiger partial charge in [0.1, 0.15) is 5.75 Å². The summed E-state index contributed by atoms with van der Waals surface area (Å²) in [7, 11) is 1.34. The SMILES string of the molecule is CCC(Oc1ccccc1)C(=O)Nc1ccc(OC)c(OC(F)F)c1. The molecule has 1 N–H and O–H groups in total. The molecule has 0 heterocycles. The lowest BCUT2D eigenvalue weighted by Crippen LogP contribution is -2.32. The van der Waals surface area contributed by atoms with Crippen LogP contribution in [0.1, 0.15) is 13.3 Å². The molecule has 0 aliphatic rings. The predicted octanol–water partition coefficient (Wildman–Crippen LogP) is 4.09. The number of ether oxygens (including phenoxy) is 3. The van der Waals surface area contributed by atoms with Gasteiger partial charge >= 0.3 is 6.61 Å². The van der Waals surface area contributed by atoms with Gasteiger partial charge in [-0.05, 0) is 30.7 Å². The van der Waals surface area contributed by atoms with Crippen LogP contribution in [0, 0.1) is 0 Å². The zero-order chi connectivity index (χ0) is 18.2. The van der Waals surface area contributed by atoms with Crippen molar-refractivity contribution in [1.82, 2.24) is 0 Å². The van der Waals surface area contributed by atoms with Gasteiger partial charge in [-0.15, -0.1) is 0 Å². The summed E-state index contributed by atoms with van der Waals surface area (Å²) in [5.41, 5.74) is 0.302. The molecule has 1 atom stereocenters. The number of methoxy groups -OCH3 is 1. The van der Waals surface area contributed by atoms with E-state index in [9.17, 15) is 13.6 Å². The summed E-state index contributed by atoms with van der Waals surface area (Å²) in [5.74, 6) is 0.165. The number of para-hydroxylation sites is 1. The molecule has 25 heavy (non-hydrogen) atoms. The highest BCUT2D eigenvalue weighted by Crippen LogP contribution is 2.31. The number of amides is 1. The maximum absolute atomic E-state index is 12.5. The molecule has 2 aromatic rings. The van der Waals surface area contributed by atoms with Gasteiger partial charge in [0.2, 0.25) is 0 Å². The third-order valence-electron chi connectivity index (χ3n) is 3.33. The highest BCUT2D eigenvalue weighted by atomic mass is 19.3. The van der Waals surface area contributed by atoms with Crippen molar-refractivity contribution in [1.29, 1.82) is 0 Å². The fourth-order valence-corrected chi connectivity index (χ4v) is 2.15. The van der Waals surface area contributed by atoms with Crippen LogP contribution in [-0.4, -0.2) is 25.7 Å². The van der Waals surface area contributed by atoms with Gasteiger partial charge in [0, 0.05) is 11.8 Å². The first-order valence-corrected chi connectivity index (χ1v) is 7.69. The number of nitrogens with one attached hydrogen (secondary N) is 1. The second kappa shape index (κ2) is 8.86. The topological polar surface area (TPSA) is 56.8 Å². The van der Waals surface area contributed by atoms with E-state index in [1.54, 1.807) is 24.3 Å². The molecule has 1 amide bonds. The molecule has 134 valence electrons. The van der Waals surface area contributed by atoms with Crippen molar-refractivity contribution in [3.8, 4) is 17.2 Å². The van der Waals surface area contributed by atoms with Crippen molar-refractivity contribution in [2.24, 2.45) is 0 Å². The molecular formula is C18H19F2NO4. The summed E-state index contributed by atoms with van der Waals surface area (Å²) in [4.78, 5) is 12.4. The van der Waals surface area contributed by atoms with E-state index in [1.807, 2.05) is 13.0 Å². The Balaban J connectivity index is 2.10. The van der Waals surface area contributed by atoms with E-state index in [0.717, 1.165) is 0 Å².